The van der Waals surface area contributed by atoms with Gasteiger partial charge in [-0.25, -0.2) is 0 Å². The molecule has 0 aromatic rings. The minimum Gasteiger partial charge on any atom is -0.468 e. The number of ether oxygens (including phenoxy) is 1. The molecule has 2 unspecified atom stereocenters. The third-order valence-corrected chi connectivity index (χ3v) is 4.08. The Balaban J connectivity index is 4.41. The molecular weight excluding hydrogens is 234 g/mol. The van der Waals surface area contributed by atoms with Gasteiger partial charge in [0.25, 0.3) is 0 Å². The van der Waals surface area contributed by atoms with Crippen LogP contribution in [0.2, 0.25) is 0 Å². The summed E-state index contributed by atoms with van der Waals surface area (Å²) in [5.41, 5.74) is -0.551. The van der Waals surface area contributed by atoms with E-state index in [-0.39, 0.29) is 5.97 Å². The van der Waals surface area contributed by atoms with Crippen molar-refractivity contribution in [1.29, 1.82) is 0 Å². The number of rotatable bonds is 9. The Labute approximate surface area is 110 Å². The van der Waals surface area contributed by atoms with Crippen LogP contribution in [0.1, 0.15) is 47.0 Å². The predicted octanol–water partition coefficient (Wildman–Crippen LogP) is 2.84. The van der Waals surface area contributed by atoms with E-state index in [0.717, 1.165) is 25.1 Å². The lowest BCUT2D eigenvalue weighted by molar-refractivity contribution is -0.148. The van der Waals surface area contributed by atoms with E-state index in [0.29, 0.717) is 5.25 Å². The second kappa shape index (κ2) is 8.81. The van der Waals surface area contributed by atoms with Crippen molar-refractivity contribution in [3.8, 4) is 0 Å². The van der Waals surface area contributed by atoms with Crippen molar-refractivity contribution in [3.63, 3.8) is 0 Å². The van der Waals surface area contributed by atoms with E-state index in [1.54, 1.807) is 0 Å². The average molecular weight is 261 g/mol. The van der Waals surface area contributed by atoms with Gasteiger partial charge in [0.2, 0.25) is 0 Å². The van der Waals surface area contributed by atoms with Crippen molar-refractivity contribution >= 4 is 17.7 Å². The molecule has 102 valence electrons. The fourth-order valence-corrected chi connectivity index (χ4v) is 2.90. The minimum absolute atomic E-state index is 0.158. The van der Waals surface area contributed by atoms with Gasteiger partial charge in [0.15, 0.2) is 0 Å². The van der Waals surface area contributed by atoms with E-state index in [9.17, 15) is 4.79 Å². The molecule has 0 rings (SSSR count). The number of hydrogen-bond acceptors (Lipinski definition) is 4. The minimum atomic E-state index is -0.551. The highest BCUT2D eigenvalue weighted by atomic mass is 32.2. The number of methoxy groups -OCH3 is 1. The summed E-state index contributed by atoms with van der Waals surface area (Å²) in [7, 11) is 1.46. The smallest absolute Gasteiger partial charge is 0.325 e. The summed E-state index contributed by atoms with van der Waals surface area (Å²) in [5.74, 6) is 0.988. The van der Waals surface area contributed by atoms with Crippen molar-refractivity contribution in [2.24, 2.45) is 0 Å². The van der Waals surface area contributed by atoms with Crippen molar-refractivity contribution in [3.05, 3.63) is 0 Å². The molecule has 1 N–H and O–H groups in total. The lowest BCUT2D eigenvalue weighted by Crippen LogP contribution is -2.51. The molecule has 0 radical (unpaired) electrons. The molecule has 0 amide bonds. The molecule has 0 bridgehead atoms. The summed E-state index contributed by atoms with van der Waals surface area (Å²) in [6, 6.07) is 0. The molecule has 0 aromatic heterocycles. The zero-order valence-electron chi connectivity index (χ0n) is 11.8. The summed E-state index contributed by atoms with van der Waals surface area (Å²) in [6.07, 6.45) is 3.00. The molecule has 0 aliphatic carbocycles. The molecule has 17 heavy (non-hydrogen) atoms. The largest absolute Gasteiger partial charge is 0.468 e. The summed E-state index contributed by atoms with van der Waals surface area (Å²) in [6.45, 7) is 9.23. The molecule has 0 saturated carbocycles. The second-order valence-corrected chi connectivity index (χ2v) is 6.18. The van der Waals surface area contributed by atoms with Crippen LogP contribution in [0.5, 0.6) is 0 Å². The van der Waals surface area contributed by atoms with E-state index in [1.165, 1.54) is 13.5 Å². The van der Waals surface area contributed by atoms with Crippen LogP contribution in [-0.2, 0) is 9.53 Å². The van der Waals surface area contributed by atoms with Gasteiger partial charge in [-0.2, -0.15) is 11.8 Å². The number of esters is 1. The number of thioether (sulfide) groups is 1. The molecular formula is C13H27NO2S. The molecule has 0 fully saturated rings. The number of carbonyl (C=O) groups is 1. The van der Waals surface area contributed by atoms with Crippen LogP contribution < -0.4 is 5.32 Å². The first kappa shape index (κ1) is 16.8. The maximum Gasteiger partial charge on any atom is 0.325 e. The lowest BCUT2D eigenvalue weighted by atomic mass is 9.96. The average Bonchev–Trinajstić information content (AvgIpc) is 2.32. The maximum absolute atomic E-state index is 11.9. The Hall–Kier alpha value is -0.220. The van der Waals surface area contributed by atoms with Gasteiger partial charge in [-0.3, -0.25) is 4.79 Å². The predicted molar refractivity (Wildman–Crippen MR) is 75.5 cm³/mol. The molecule has 0 saturated heterocycles. The molecule has 0 aliphatic heterocycles. The van der Waals surface area contributed by atoms with Gasteiger partial charge in [0.1, 0.15) is 5.54 Å². The standard InChI is InChI=1S/C13H27NO2S/c1-6-8-14-13(4,12(15)16-5)10-11(3)17-9-7-2/h11,14H,6-10H2,1-5H3. The quantitative estimate of drug-likeness (QED) is 0.648. The van der Waals surface area contributed by atoms with Gasteiger partial charge in [0, 0.05) is 5.25 Å². The Bertz CT molecular complexity index is 223. The van der Waals surface area contributed by atoms with Crippen molar-refractivity contribution in [2.75, 3.05) is 19.4 Å². The molecule has 0 heterocycles. The zero-order valence-corrected chi connectivity index (χ0v) is 12.7. The highest BCUT2D eigenvalue weighted by molar-refractivity contribution is 7.99. The zero-order chi connectivity index (χ0) is 13.3. The van der Waals surface area contributed by atoms with Gasteiger partial charge in [-0.1, -0.05) is 20.8 Å². The van der Waals surface area contributed by atoms with Gasteiger partial charge in [0.05, 0.1) is 7.11 Å². The normalized spacial score (nSPS) is 16.3. The van der Waals surface area contributed by atoms with Gasteiger partial charge >= 0.3 is 5.97 Å². The Morgan fingerprint density at radius 3 is 2.53 bits per heavy atom. The first-order valence-corrected chi connectivity index (χ1v) is 7.50. The summed E-state index contributed by atoms with van der Waals surface area (Å²) in [4.78, 5) is 11.9. The summed E-state index contributed by atoms with van der Waals surface area (Å²) < 4.78 is 4.91. The molecule has 0 aromatic carbocycles. The lowest BCUT2D eigenvalue weighted by Gasteiger charge is -2.30. The highest BCUT2D eigenvalue weighted by Crippen LogP contribution is 2.23. The third-order valence-electron chi connectivity index (χ3n) is 2.70. The molecule has 4 heteroatoms. The fourth-order valence-electron chi connectivity index (χ4n) is 1.81. The molecule has 0 spiro atoms. The number of carbonyl (C=O) groups excluding carboxylic acids is 1. The van der Waals surface area contributed by atoms with Crippen LogP contribution in [0.3, 0.4) is 0 Å². The van der Waals surface area contributed by atoms with Crippen LogP contribution >= 0.6 is 11.8 Å². The van der Waals surface area contributed by atoms with Gasteiger partial charge in [-0.05, 0) is 38.5 Å². The van der Waals surface area contributed by atoms with E-state index >= 15 is 0 Å². The Morgan fingerprint density at radius 1 is 1.41 bits per heavy atom. The first-order chi connectivity index (χ1) is 8.00. The molecule has 2 atom stereocenters. The topological polar surface area (TPSA) is 38.3 Å². The monoisotopic (exact) mass is 261 g/mol. The Morgan fingerprint density at radius 2 is 2.06 bits per heavy atom. The van der Waals surface area contributed by atoms with Crippen LogP contribution in [0.25, 0.3) is 0 Å². The first-order valence-electron chi connectivity index (χ1n) is 6.45. The van der Waals surface area contributed by atoms with Gasteiger partial charge < -0.3 is 10.1 Å². The maximum atomic E-state index is 11.9. The van der Waals surface area contributed by atoms with Crippen molar-refractivity contribution < 1.29 is 9.53 Å². The van der Waals surface area contributed by atoms with E-state index in [4.69, 9.17) is 4.74 Å². The van der Waals surface area contributed by atoms with E-state index in [1.807, 2.05) is 18.7 Å². The fraction of sp³-hybridized carbons (Fsp3) is 0.923. The van der Waals surface area contributed by atoms with Crippen LogP contribution in [0, 0.1) is 0 Å². The Kier molecular flexibility index (Phi) is 8.70. The molecule has 0 aliphatic rings. The van der Waals surface area contributed by atoms with E-state index in [2.05, 4.69) is 26.1 Å². The SMILES string of the molecule is CCCNC(C)(CC(C)SCCC)C(=O)OC. The van der Waals surface area contributed by atoms with Crippen molar-refractivity contribution in [1.82, 2.24) is 5.32 Å². The molecule has 3 nitrogen and oxygen atoms in total. The highest BCUT2D eigenvalue weighted by Gasteiger charge is 2.35. The van der Waals surface area contributed by atoms with Crippen molar-refractivity contribution in [2.45, 2.75) is 57.7 Å². The van der Waals surface area contributed by atoms with Gasteiger partial charge in [-0.15, -0.1) is 0 Å². The van der Waals surface area contributed by atoms with E-state index < -0.39 is 5.54 Å². The third kappa shape index (κ3) is 6.32. The van der Waals surface area contributed by atoms with Crippen LogP contribution in [0.15, 0.2) is 0 Å². The number of nitrogens with one attached hydrogen (secondary N) is 1. The summed E-state index contributed by atoms with van der Waals surface area (Å²) >= 11 is 1.92. The second-order valence-electron chi connectivity index (χ2n) is 4.64. The summed E-state index contributed by atoms with van der Waals surface area (Å²) in [5, 5.41) is 3.78. The van der Waals surface area contributed by atoms with Crippen LogP contribution in [0.4, 0.5) is 0 Å². The van der Waals surface area contributed by atoms with Crippen LogP contribution in [-0.4, -0.2) is 36.2 Å². The number of hydrogen-bond donors (Lipinski definition) is 1.